The van der Waals surface area contributed by atoms with E-state index in [4.69, 9.17) is 5.73 Å². The summed E-state index contributed by atoms with van der Waals surface area (Å²) in [5.41, 5.74) is 6.63. The van der Waals surface area contributed by atoms with Gasteiger partial charge in [0.1, 0.15) is 11.9 Å². The van der Waals surface area contributed by atoms with Crippen LogP contribution in [0.4, 0.5) is 0 Å². The number of hydrogen-bond acceptors (Lipinski definition) is 8. The smallest absolute Gasteiger partial charge is 0.323 e. The number of carboxylic acid groups (broad SMARTS) is 1. The first-order chi connectivity index (χ1) is 17.7. The zero-order valence-electron chi connectivity index (χ0n) is 19.2. The summed E-state index contributed by atoms with van der Waals surface area (Å²) in [6.07, 6.45) is 4.64. The van der Waals surface area contributed by atoms with E-state index in [-0.39, 0.29) is 10.5 Å². The van der Waals surface area contributed by atoms with Gasteiger partial charge in [-0.1, -0.05) is 24.3 Å². The Labute approximate surface area is 210 Å². The van der Waals surface area contributed by atoms with E-state index in [2.05, 4.69) is 20.0 Å². The number of nitrogens with one attached hydrogen (secondary N) is 2. The highest BCUT2D eigenvalue weighted by atomic mass is 32.2. The summed E-state index contributed by atoms with van der Waals surface area (Å²) in [5, 5.41) is 11.8. The molecule has 1 aromatic carbocycles. The second-order valence-corrected chi connectivity index (χ2v) is 9.67. The number of carboxylic acids is 1. The molecule has 1 unspecified atom stereocenters. The number of nitrogens with two attached hydrogens (primary N) is 1. The molecule has 0 aliphatic rings. The van der Waals surface area contributed by atoms with Gasteiger partial charge >= 0.3 is 5.97 Å². The molecule has 0 radical (unpaired) electrons. The highest BCUT2D eigenvalue weighted by Crippen LogP contribution is 2.17. The van der Waals surface area contributed by atoms with Crippen LogP contribution in [0.1, 0.15) is 27.8 Å². The van der Waals surface area contributed by atoms with Gasteiger partial charge in [0, 0.05) is 42.3 Å². The molecule has 13 heteroatoms. The maximum absolute atomic E-state index is 12.7. The quantitative estimate of drug-likeness (QED) is 0.240. The molecule has 0 fully saturated rings. The summed E-state index contributed by atoms with van der Waals surface area (Å²) in [6, 6.07) is 12.4. The van der Waals surface area contributed by atoms with Crippen LogP contribution in [0.3, 0.4) is 0 Å². The Bertz CT molecular complexity index is 1610. The zero-order valence-corrected chi connectivity index (χ0v) is 20.0. The lowest BCUT2D eigenvalue weighted by Crippen LogP contribution is -2.48. The highest BCUT2D eigenvalue weighted by Gasteiger charge is 2.26. The first-order valence-electron chi connectivity index (χ1n) is 10.9. The summed E-state index contributed by atoms with van der Waals surface area (Å²) in [6.45, 7) is -0.551. The average molecular weight is 523 g/mol. The van der Waals surface area contributed by atoms with Gasteiger partial charge in [-0.25, -0.2) is 18.4 Å². The number of aliphatic carboxylic acids is 1. The maximum Gasteiger partial charge on any atom is 0.323 e. The molecule has 0 bridgehead atoms. The molecule has 4 aromatic rings. The Morgan fingerprint density at radius 1 is 1.03 bits per heavy atom. The van der Waals surface area contributed by atoms with Crippen molar-refractivity contribution < 1.29 is 23.1 Å². The third-order valence-electron chi connectivity index (χ3n) is 5.42. The van der Waals surface area contributed by atoms with Crippen LogP contribution >= 0.6 is 0 Å². The molecule has 3 aromatic heterocycles. The summed E-state index contributed by atoms with van der Waals surface area (Å²) in [5.74, 6) is -1.85. The molecule has 190 valence electrons. The van der Waals surface area contributed by atoms with Gasteiger partial charge in [-0.3, -0.25) is 18.8 Å². The van der Waals surface area contributed by atoms with Crippen LogP contribution < -0.4 is 21.3 Å². The molecule has 3 heterocycles. The summed E-state index contributed by atoms with van der Waals surface area (Å²) >= 11 is 0. The van der Waals surface area contributed by atoms with Gasteiger partial charge in [-0.15, -0.1) is 0 Å². The normalized spacial score (nSPS) is 13.1. The van der Waals surface area contributed by atoms with E-state index >= 15 is 0 Å². The third kappa shape index (κ3) is 5.86. The first kappa shape index (κ1) is 25.6. The summed E-state index contributed by atoms with van der Waals surface area (Å²) < 4.78 is 28.3. The van der Waals surface area contributed by atoms with Gasteiger partial charge in [0.25, 0.3) is 11.5 Å². The lowest BCUT2D eigenvalue weighted by molar-refractivity contribution is -0.138. The molecule has 12 nitrogen and oxygen atoms in total. The van der Waals surface area contributed by atoms with Crippen molar-refractivity contribution in [2.24, 2.45) is 5.73 Å². The predicted molar refractivity (Wildman–Crippen MR) is 132 cm³/mol. The van der Waals surface area contributed by atoms with Crippen LogP contribution in [0.5, 0.6) is 0 Å². The fraction of sp³-hybridized carbons (Fsp3) is 0.125. The zero-order chi connectivity index (χ0) is 26.6. The number of pyridine rings is 2. The van der Waals surface area contributed by atoms with Crippen molar-refractivity contribution in [2.45, 2.75) is 17.0 Å². The number of amides is 1. The molecule has 4 rings (SSSR count). The molecule has 0 saturated carbocycles. The molecule has 2 atom stereocenters. The minimum Gasteiger partial charge on any atom is -0.480 e. The number of benzene rings is 1. The molecular formula is C24H22N6O6S. The topological polar surface area (TPSA) is 186 Å². The number of carbonyl (C=O) groups excluding carboxylic acids is 1. The van der Waals surface area contributed by atoms with E-state index in [1.54, 1.807) is 36.7 Å². The predicted octanol–water partition coefficient (Wildman–Crippen LogP) is 0.299. The number of sulfonamides is 1. The van der Waals surface area contributed by atoms with Gasteiger partial charge in [0.2, 0.25) is 10.0 Å². The number of rotatable bonds is 9. The van der Waals surface area contributed by atoms with Crippen LogP contribution in [0.25, 0.3) is 5.52 Å². The van der Waals surface area contributed by atoms with Gasteiger partial charge in [0.05, 0.1) is 10.9 Å². The average Bonchev–Trinajstić information content (AvgIpc) is 2.91. The minimum atomic E-state index is -4.14. The summed E-state index contributed by atoms with van der Waals surface area (Å²) in [7, 11) is -4.14. The maximum atomic E-state index is 12.7. The lowest BCUT2D eigenvalue weighted by Gasteiger charge is -2.16. The molecule has 0 aliphatic carbocycles. The Balaban J connectivity index is 1.50. The number of fused-ring (bicyclic) bond motifs is 1. The Morgan fingerprint density at radius 3 is 2.41 bits per heavy atom. The van der Waals surface area contributed by atoms with E-state index in [0.717, 1.165) is 6.07 Å². The van der Waals surface area contributed by atoms with Crippen LogP contribution in [-0.4, -0.2) is 52.4 Å². The van der Waals surface area contributed by atoms with Crippen molar-refractivity contribution in [3.63, 3.8) is 0 Å². The van der Waals surface area contributed by atoms with Crippen LogP contribution in [0, 0.1) is 0 Å². The van der Waals surface area contributed by atoms with E-state index in [1.165, 1.54) is 40.9 Å². The minimum absolute atomic E-state index is 0.0245. The Kier molecular flexibility index (Phi) is 7.38. The van der Waals surface area contributed by atoms with Crippen molar-refractivity contribution in [1.82, 2.24) is 24.4 Å². The van der Waals surface area contributed by atoms with Gasteiger partial charge in [0.15, 0.2) is 0 Å². The summed E-state index contributed by atoms with van der Waals surface area (Å²) in [4.78, 5) is 45.2. The van der Waals surface area contributed by atoms with E-state index in [1.807, 2.05) is 0 Å². The molecule has 5 N–H and O–H groups in total. The van der Waals surface area contributed by atoms with Crippen LogP contribution in [-0.2, 0) is 14.8 Å². The van der Waals surface area contributed by atoms with Gasteiger partial charge in [-0.2, -0.15) is 4.72 Å². The van der Waals surface area contributed by atoms with Crippen molar-refractivity contribution in [3.05, 3.63) is 107 Å². The molecule has 0 saturated heterocycles. The second-order valence-electron chi connectivity index (χ2n) is 7.96. The van der Waals surface area contributed by atoms with Crippen LogP contribution in [0.15, 0.2) is 88.9 Å². The lowest BCUT2D eigenvalue weighted by atomic mass is 10.1. The van der Waals surface area contributed by atoms with Gasteiger partial charge < -0.3 is 16.2 Å². The van der Waals surface area contributed by atoms with Crippen molar-refractivity contribution in [2.75, 3.05) is 6.54 Å². The Hall–Kier alpha value is -4.46. The monoisotopic (exact) mass is 522 g/mol. The van der Waals surface area contributed by atoms with Crippen molar-refractivity contribution in [1.29, 1.82) is 0 Å². The molecule has 0 aliphatic heterocycles. The van der Waals surface area contributed by atoms with Crippen LogP contribution in [0.2, 0.25) is 0 Å². The highest BCUT2D eigenvalue weighted by molar-refractivity contribution is 7.89. The molecule has 1 amide bonds. The number of nitrogens with zero attached hydrogens (tertiary/aromatic N) is 3. The molecule has 0 spiro atoms. The molecule has 37 heavy (non-hydrogen) atoms. The Morgan fingerprint density at radius 2 is 1.73 bits per heavy atom. The standard InChI is InChI=1S/C24H22N6O6S/c25-21(22-26-9-4-10-27-22)15-7-8-17-11-16(12-20(31)30(17)14-15)23(32)28-13-19(24(33)34)29-37(35,36)18-5-2-1-3-6-18/h1-12,14,19,21,29H,13,25H2,(H,28,32)(H,33,34)/t19-,21?/m0/s1. The number of carbonyl (C=O) groups is 2. The van der Waals surface area contributed by atoms with Crippen molar-refractivity contribution in [3.8, 4) is 0 Å². The number of hydrogen-bond donors (Lipinski definition) is 4. The van der Waals surface area contributed by atoms with E-state index in [9.17, 15) is 27.9 Å². The molecular weight excluding hydrogens is 500 g/mol. The van der Waals surface area contributed by atoms with Gasteiger partial charge in [-0.05, 0) is 35.9 Å². The fourth-order valence-corrected chi connectivity index (χ4v) is 4.72. The number of aromatic nitrogens is 3. The fourth-order valence-electron chi connectivity index (χ4n) is 3.51. The van der Waals surface area contributed by atoms with Crippen molar-refractivity contribution >= 4 is 27.4 Å². The second kappa shape index (κ2) is 10.7. The SMILES string of the molecule is NC(c1ccc2cc(C(=O)NC[C@H](NS(=O)(=O)c3ccccc3)C(=O)O)cc(=O)n2c1)c1ncccn1. The first-order valence-corrected chi connectivity index (χ1v) is 12.4. The third-order valence-corrected chi connectivity index (χ3v) is 6.91. The largest absolute Gasteiger partial charge is 0.480 e. The van der Waals surface area contributed by atoms with E-state index < -0.39 is 46.1 Å². The van der Waals surface area contributed by atoms with E-state index in [0.29, 0.717) is 16.9 Å².